The number of hydrogen-bond acceptors (Lipinski definition) is 2. The Morgan fingerprint density at radius 2 is 2.00 bits per heavy atom. The van der Waals surface area contributed by atoms with E-state index in [1.165, 1.54) is 0 Å². The molecule has 15 heavy (non-hydrogen) atoms. The molecule has 84 valence electrons. The Bertz CT molecular complexity index is 330. The fourth-order valence-corrected chi connectivity index (χ4v) is 1.90. The van der Waals surface area contributed by atoms with Crippen LogP contribution >= 0.6 is 23.2 Å². The highest BCUT2D eigenvalue weighted by atomic mass is 35.5. The molecule has 4 heteroatoms. The summed E-state index contributed by atoms with van der Waals surface area (Å²) in [6, 6.07) is 5.66. The third-order valence-corrected chi connectivity index (χ3v) is 3.09. The lowest BCUT2D eigenvalue weighted by molar-refractivity contribution is 0.243. The molecule has 0 aliphatic heterocycles. The highest BCUT2D eigenvalue weighted by Crippen LogP contribution is 2.29. The Hall–Kier alpha value is -0.280. The summed E-state index contributed by atoms with van der Waals surface area (Å²) >= 11 is 12.0. The standard InChI is InChI=1S/C11H15Cl2NO/c1-7(6-15)14-8(2)9-4-3-5-10(12)11(9)13/h3-5,7-8,14-15H,6H2,1-2H3/t7-,8?/m1/s1. The molecule has 0 saturated heterocycles. The monoisotopic (exact) mass is 247 g/mol. The minimum atomic E-state index is 0.0371. The zero-order chi connectivity index (χ0) is 11.4. The first kappa shape index (κ1) is 12.8. The smallest absolute Gasteiger partial charge is 0.0639 e. The largest absolute Gasteiger partial charge is 0.395 e. The van der Waals surface area contributed by atoms with Crippen LogP contribution in [-0.2, 0) is 0 Å². The van der Waals surface area contributed by atoms with E-state index in [1.54, 1.807) is 6.07 Å². The molecule has 2 atom stereocenters. The van der Waals surface area contributed by atoms with E-state index in [4.69, 9.17) is 28.3 Å². The van der Waals surface area contributed by atoms with Crippen LogP contribution in [0, 0.1) is 0 Å². The molecule has 0 spiro atoms. The van der Waals surface area contributed by atoms with Gasteiger partial charge >= 0.3 is 0 Å². The minimum Gasteiger partial charge on any atom is -0.395 e. The van der Waals surface area contributed by atoms with Crippen molar-refractivity contribution in [3.05, 3.63) is 33.8 Å². The summed E-state index contributed by atoms with van der Waals surface area (Å²) in [6.07, 6.45) is 0. The zero-order valence-corrected chi connectivity index (χ0v) is 10.3. The van der Waals surface area contributed by atoms with Gasteiger partial charge < -0.3 is 10.4 Å². The van der Waals surface area contributed by atoms with Crippen molar-refractivity contribution >= 4 is 23.2 Å². The molecular weight excluding hydrogens is 233 g/mol. The highest BCUT2D eigenvalue weighted by Gasteiger charge is 2.13. The van der Waals surface area contributed by atoms with Gasteiger partial charge in [0, 0.05) is 12.1 Å². The van der Waals surface area contributed by atoms with Crippen LogP contribution in [-0.4, -0.2) is 17.8 Å². The van der Waals surface area contributed by atoms with Crippen LogP contribution in [0.4, 0.5) is 0 Å². The third kappa shape index (κ3) is 3.35. The molecule has 1 unspecified atom stereocenters. The number of benzene rings is 1. The maximum Gasteiger partial charge on any atom is 0.0639 e. The molecule has 0 aromatic heterocycles. The molecule has 0 radical (unpaired) electrons. The van der Waals surface area contributed by atoms with Crippen molar-refractivity contribution in [1.29, 1.82) is 0 Å². The van der Waals surface area contributed by atoms with Crippen molar-refractivity contribution in [2.75, 3.05) is 6.61 Å². The van der Waals surface area contributed by atoms with Crippen LogP contribution in [0.3, 0.4) is 0 Å². The van der Waals surface area contributed by atoms with Crippen LogP contribution in [0.25, 0.3) is 0 Å². The van der Waals surface area contributed by atoms with Crippen molar-refractivity contribution in [1.82, 2.24) is 5.32 Å². The number of aliphatic hydroxyl groups excluding tert-OH is 1. The summed E-state index contributed by atoms with van der Waals surface area (Å²) < 4.78 is 0. The van der Waals surface area contributed by atoms with E-state index < -0.39 is 0 Å². The van der Waals surface area contributed by atoms with E-state index in [0.29, 0.717) is 10.0 Å². The summed E-state index contributed by atoms with van der Waals surface area (Å²) in [5.74, 6) is 0. The molecule has 2 nitrogen and oxygen atoms in total. The van der Waals surface area contributed by atoms with Crippen LogP contribution in [0.15, 0.2) is 18.2 Å². The average molecular weight is 248 g/mol. The lowest BCUT2D eigenvalue weighted by Gasteiger charge is -2.20. The second kappa shape index (κ2) is 5.71. The fraction of sp³-hybridized carbons (Fsp3) is 0.455. The molecule has 0 heterocycles. The molecule has 0 saturated carbocycles. The SMILES string of the molecule is CC(N[C@H](C)CO)c1cccc(Cl)c1Cl. The van der Waals surface area contributed by atoms with Gasteiger partial charge in [0.25, 0.3) is 0 Å². The average Bonchev–Trinajstić information content (AvgIpc) is 2.21. The maximum absolute atomic E-state index is 8.93. The lowest BCUT2D eigenvalue weighted by atomic mass is 10.1. The molecular formula is C11H15Cl2NO. The molecule has 2 N–H and O–H groups in total. The van der Waals surface area contributed by atoms with Gasteiger partial charge in [0.2, 0.25) is 0 Å². The number of hydrogen-bond donors (Lipinski definition) is 2. The number of aliphatic hydroxyl groups is 1. The van der Waals surface area contributed by atoms with Crippen molar-refractivity contribution in [3.8, 4) is 0 Å². The maximum atomic E-state index is 8.93. The van der Waals surface area contributed by atoms with Crippen molar-refractivity contribution in [2.24, 2.45) is 0 Å². The van der Waals surface area contributed by atoms with E-state index in [1.807, 2.05) is 26.0 Å². The van der Waals surface area contributed by atoms with Crippen molar-refractivity contribution in [3.63, 3.8) is 0 Å². The minimum absolute atomic E-state index is 0.0371. The number of halogens is 2. The predicted molar refractivity (Wildman–Crippen MR) is 64.6 cm³/mol. The van der Waals surface area contributed by atoms with Gasteiger partial charge in [-0.05, 0) is 25.5 Å². The van der Waals surface area contributed by atoms with Crippen LogP contribution in [0.5, 0.6) is 0 Å². The van der Waals surface area contributed by atoms with E-state index in [2.05, 4.69) is 5.32 Å². The van der Waals surface area contributed by atoms with Gasteiger partial charge in [0.05, 0.1) is 16.7 Å². The van der Waals surface area contributed by atoms with Gasteiger partial charge in [-0.15, -0.1) is 0 Å². The number of rotatable bonds is 4. The molecule has 0 aliphatic carbocycles. The van der Waals surface area contributed by atoms with Crippen LogP contribution in [0.1, 0.15) is 25.5 Å². The van der Waals surface area contributed by atoms with Gasteiger partial charge in [-0.2, -0.15) is 0 Å². The Labute approximate surface area is 100 Å². The van der Waals surface area contributed by atoms with E-state index in [-0.39, 0.29) is 18.7 Å². The Morgan fingerprint density at radius 1 is 1.33 bits per heavy atom. The third-order valence-electron chi connectivity index (χ3n) is 2.26. The van der Waals surface area contributed by atoms with Gasteiger partial charge in [-0.3, -0.25) is 0 Å². The Kier molecular flexibility index (Phi) is 4.87. The second-order valence-corrected chi connectivity index (χ2v) is 4.40. The van der Waals surface area contributed by atoms with Gasteiger partial charge in [-0.1, -0.05) is 35.3 Å². The fourth-order valence-electron chi connectivity index (χ4n) is 1.42. The highest BCUT2D eigenvalue weighted by molar-refractivity contribution is 6.42. The second-order valence-electron chi connectivity index (χ2n) is 3.62. The van der Waals surface area contributed by atoms with Gasteiger partial charge in [0.15, 0.2) is 0 Å². The van der Waals surface area contributed by atoms with E-state index in [0.717, 1.165) is 5.56 Å². The summed E-state index contributed by atoms with van der Waals surface area (Å²) in [7, 11) is 0. The molecule has 1 rings (SSSR count). The summed E-state index contributed by atoms with van der Waals surface area (Å²) in [4.78, 5) is 0. The van der Waals surface area contributed by atoms with Gasteiger partial charge in [0.1, 0.15) is 0 Å². The van der Waals surface area contributed by atoms with E-state index >= 15 is 0 Å². The first-order valence-corrected chi connectivity index (χ1v) is 5.62. The normalized spacial score (nSPS) is 15.0. The first-order chi connectivity index (χ1) is 7.06. The number of nitrogens with one attached hydrogen (secondary N) is 1. The molecule has 1 aromatic rings. The quantitative estimate of drug-likeness (QED) is 0.858. The molecule has 0 bridgehead atoms. The molecule has 0 fully saturated rings. The molecule has 0 aliphatic rings. The van der Waals surface area contributed by atoms with Crippen molar-refractivity contribution in [2.45, 2.75) is 25.9 Å². The Balaban J connectivity index is 2.82. The first-order valence-electron chi connectivity index (χ1n) is 4.87. The molecule has 1 aromatic carbocycles. The van der Waals surface area contributed by atoms with Crippen molar-refractivity contribution < 1.29 is 5.11 Å². The summed E-state index contributed by atoms with van der Waals surface area (Å²) in [5.41, 5.74) is 0.949. The van der Waals surface area contributed by atoms with Crippen LogP contribution < -0.4 is 5.32 Å². The molecule has 0 amide bonds. The van der Waals surface area contributed by atoms with Crippen LogP contribution in [0.2, 0.25) is 10.0 Å². The Morgan fingerprint density at radius 3 is 2.60 bits per heavy atom. The predicted octanol–water partition coefficient (Wildman–Crippen LogP) is 3.02. The lowest BCUT2D eigenvalue weighted by Crippen LogP contribution is -2.31. The van der Waals surface area contributed by atoms with E-state index in [9.17, 15) is 0 Å². The topological polar surface area (TPSA) is 32.3 Å². The van der Waals surface area contributed by atoms with Gasteiger partial charge in [-0.25, -0.2) is 0 Å². The zero-order valence-electron chi connectivity index (χ0n) is 8.80. The summed E-state index contributed by atoms with van der Waals surface area (Å²) in [5, 5.41) is 13.3. The summed E-state index contributed by atoms with van der Waals surface area (Å²) in [6.45, 7) is 4.00.